The Kier molecular flexibility index (Phi) is 13.3. The Morgan fingerprint density at radius 2 is 1.31 bits per heavy atom. The summed E-state index contributed by atoms with van der Waals surface area (Å²) in [5.41, 5.74) is 1.07. The maximum absolute atomic E-state index is 12.3. The lowest BCUT2D eigenvalue weighted by Crippen LogP contribution is -1.98. The second-order valence-electron chi connectivity index (χ2n) is 9.00. The van der Waals surface area contributed by atoms with Gasteiger partial charge >= 0.3 is 0 Å². The Bertz CT molecular complexity index is 658. The van der Waals surface area contributed by atoms with E-state index in [0.717, 1.165) is 24.3 Å². The van der Waals surface area contributed by atoms with Crippen LogP contribution in [0.5, 0.6) is 0 Å². The SMILES string of the molecule is CCCCCC[C@H](C)CCCCC[C@@H](C)CC/C=C/S(=O)(=O)c1ccc(C)cc1. The normalized spacial score (nSPS) is 14.3. The molecule has 0 unspecified atom stereocenters. The first kappa shape index (κ1) is 25.9. The van der Waals surface area contributed by atoms with Gasteiger partial charge in [-0.25, -0.2) is 8.42 Å². The summed E-state index contributed by atoms with van der Waals surface area (Å²) in [6, 6.07) is 7.05. The molecule has 0 radical (unpaired) electrons. The average Bonchev–Trinajstić information content (AvgIpc) is 2.69. The highest BCUT2D eigenvalue weighted by molar-refractivity contribution is 7.94. The molecule has 1 aromatic carbocycles. The molecule has 2 atom stereocenters. The summed E-state index contributed by atoms with van der Waals surface area (Å²) in [6.45, 7) is 8.93. The van der Waals surface area contributed by atoms with Crippen LogP contribution in [0.15, 0.2) is 40.6 Å². The number of allylic oxidation sites excluding steroid dienone is 1. The lowest BCUT2D eigenvalue weighted by atomic mass is 9.94. The predicted molar refractivity (Wildman–Crippen MR) is 127 cm³/mol. The Hall–Kier alpha value is -1.09. The maximum atomic E-state index is 12.3. The van der Waals surface area contributed by atoms with Crippen molar-refractivity contribution in [2.45, 2.75) is 110 Å². The molecule has 0 aliphatic rings. The highest BCUT2D eigenvalue weighted by Crippen LogP contribution is 2.20. The van der Waals surface area contributed by atoms with Gasteiger partial charge in [-0.05, 0) is 43.7 Å². The van der Waals surface area contributed by atoms with Gasteiger partial charge in [-0.15, -0.1) is 0 Å². The number of sulfone groups is 1. The summed E-state index contributed by atoms with van der Waals surface area (Å²) >= 11 is 0. The zero-order valence-electron chi connectivity index (χ0n) is 19.3. The number of hydrogen-bond donors (Lipinski definition) is 0. The molecule has 0 fully saturated rings. The van der Waals surface area contributed by atoms with E-state index in [1.165, 1.54) is 69.6 Å². The first-order chi connectivity index (χ1) is 13.8. The fourth-order valence-corrected chi connectivity index (χ4v) is 4.81. The summed E-state index contributed by atoms with van der Waals surface area (Å²) in [6.07, 6.45) is 17.3. The zero-order chi connectivity index (χ0) is 21.5. The van der Waals surface area contributed by atoms with Gasteiger partial charge in [0.05, 0.1) is 4.90 Å². The molecule has 29 heavy (non-hydrogen) atoms. The lowest BCUT2D eigenvalue weighted by Gasteiger charge is -2.12. The van der Waals surface area contributed by atoms with Crippen LogP contribution in [0.25, 0.3) is 0 Å². The third-order valence-corrected chi connectivity index (χ3v) is 7.38. The minimum absolute atomic E-state index is 0.381. The second-order valence-corrected chi connectivity index (χ2v) is 10.8. The van der Waals surface area contributed by atoms with E-state index >= 15 is 0 Å². The van der Waals surface area contributed by atoms with Crippen molar-refractivity contribution < 1.29 is 8.42 Å². The van der Waals surface area contributed by atoms with Crippen molar-refractivity contribution in [3.63, 3.8) is 0 Å². The van der Waals surface area contributed by atoms with Crippen LogP contribution < -0.4 is 0 Å². The molecule has 1 rings (SSSR count). The third-order valence-electron chi connectivity index (χ3n) is 5.90. The van der Waals surface area contributed by atoms with Gasteiger partial charge in [-0.3, -0.25) is 0 Å². The minimum Gasteiger partial charge on any atom is -0.219 e. The van der Waals surface area contributed by atoms with Crippen LogP contribution in [0.2, 0.25) is 0 Å². The van der Waals surface area contributed by atoms with Gasteiger partial charge in [-0.1, -0.05) is 109 Å². The van der Waals surface area contributed by atoms with Gasteiger partial charge in [0.1, 0.15) is 0 Å². The molecule has 0 aliphatic heterocycles. The van der Waals surface area contributed by atoms with E-state index in [-0.39, 0.29) is 0 Å². The Morgan fingerprint density at radius 3 is 1.86 bits per heavy atom. The van der Waals surface area contributed by atoms with Crippen LogP contribution in [-0.2, 0) is 9.84 Å². The quantitative estimate of drug-likeness (QED) is 0.252. The van der Waals surface area contributed by atoms with Gasteiger partial charge in [0.15, 0.2) is 9.84 Å². The fraction of sp³-hybridized carbons (Fsp3) is 0.692. The molecule has 0 saturated heterocycles. The van der Waals surface area contributed by atoms with Crippen LogP contribution in [-0.4, -0.2) is 8.42 Å². The molecule has 0 spiro atoms. The summed E-state index contributed by atoms with van der Waals surface area (Å²) in [5.74, 6) is 1.54. The van der Waals surface area contributed by atoms with E-state index in [1.807, 2.05) is 25.1 Å². The molecule has 2 nitrogen and oxygen atoms in total. The van der Waals surface area contributed by atoms with Crippen molar-refractivity contribution in [2.24, 2.45) is 11.8 Å². The molecule has 0 amide bonds. The van der Waals surface area contributed by atoms with Crippen molar-refractivity contribution in [2.75, 3.05) is 0 Å². The zero-order valence-corrected chi connectivity index (χ0v) is 20.1. The number of hydrogen-bond acceptors (Lipinski definition) is 2. The highest BCUT2D eigenvalue weighted by Gasteiger charge is 2.09. The Morgan fingerprint density at radius 1 is 0.793 bits per heavy atom. The second kappa shape index (κ2) is 14.8. The molecular formula is C26H44O2S. The molecule has 0 bridgehead atoms. The van der Waals surface area contributed by atoms with Crippen molar-refractivity contribution in [3.05, 3.63) is 41.3 Å². The number of unbranched alkanes of at least 4 members (excludes halogenated alkanes) is 5. The van der Waals surface area contributed by atoms with Crippen molar-refractivity contribution in [1.29, 1.82) is 0 Å². The third kappa shape index (κ3) is 12.3. The van der Waals surface area contributed by atoms with Gasteiger partial charge in [0.25, 0.3) is 0 Å². The maximum Gasteiger partial charge on any atom is 0.199 e. The summed E-state index contributed by atoms with van der Waals surface area (Å²) < 4.78 is 24.6. The first-order valence-electron chi connectivity index (χ1n) is 11.8. The van der Waals surface area contributed by atoms with Crippen LogP contribution in [0.4, 0.5) is 0 Å². The minimum atomic E-state index is -3.30. The molecule has 0 saturated carbocycles. The Balaban J connectivity index is 2.12. The van der Waals surface area contributed by atoms with Crippen molar-refractivity contribution in [1.82, 2.24) is 0 Å². The largest absolute Gasteiger partial charge is 0.219 e. The molecule has 166 valence electrons. The van der Waals surface area contributed by atoms with Gasteiger partial charge < -0.3 is 0 Å². The van der Waals surface area contributed by atoms with Crippen LogP contribution in [0, 0.1) is 18.8 Å². The van der Waals surface area contributed by atoms with E-state index in [9.17, 15) is 8.42 Å². The molecular weight excluding hydrogens is 376 g/mol. The molecule has 3 heteroatoms. The first-order valence-corrected chi connectivity index (χ1v) is 13.4. The van der Waals surface area contributed by atoms with Crippen molar-refractivity contribution >= 4 is 9.84 Å². The molecule has 0 aromatic heterocycles. The molecule has 0 N–H and O–H groups in total. The lowest BCUT2D eigenvalue weighted by molar-refractivity contribution is 0.417. The van der Waals surface area contributed by atoms with Gasteiger partial charge in [-0.2, -0.15) is 0 Å². The number of aryl methyl sites for hydroxylation is 1. The highest BCUT2D eigenvalue weighted by atomic mass is 32.2. The predicted octanol–water partition coefficient (Wildman–Crippen LogP) is 8.26. The van der Waals surface area contributed by atoms with E-state index in [2.05, 4.69) is 20.8 Å². The number of benzene rings is 1. The van der Waals surface area contributed by atoms with E-state index in [1.54, 1.807) is 12.1 Å². The van der Waals surface area contributed by atoms with Crippen LogP contribution >= 0.6 is 0 Å². The van der Waals surface area contributed by atoms with Crippen LogP contribution in [0.1, 0.15) is 103 Å². The standard InChI is InChI=1S/C26H44O2S/c1-5-6-7-9-14-23(2)15-10-8-11-16-24(3)17-12-13-22-29(27,28)26-20-18-25(4)19-21-26/h13,18-24H,5-12,14-17H2,1-4H3/b22-13+/t23-,24+/m0/s1. The van der Waals surface area contributed by atoms with E-state index in [4.69, 9.17) is 0 Å². The summed E-state index contributed by atoms with van der Waals surface area (Å²) in [7, 11) is -3.30. The topological polar surface area (TPSA) is 34.1 Å². The number of rotatable bonds is 16. The monoisotopic (exact) mass is 420 g/mol. The Labute approximate surface area is 181 Å². The van der Waals surface area contributed by atoms with E-state index in [0.29, 0.717) is 10.8 Å². The smallest absolute Gasteiger partial charge is 0.199 e. The molecule has 1 aromatic rings. The van der Waals surface area contributed by atoms with Crippen LogP contribution in [0.3, 0.4) is 0 Å². The summed E-state index contributed by atoms with van der Waals surface area (Å²) in [4.78, 5) is 0.381. The molecule has 0 heterocycles. The molecule has 0 aliphatic carbocycles. The van der Waals surface area contributed by atoms with Crippen molar-refractivity contribution in [3.8, 4) is 0 Å². The van der Waals surface area contributed by atoms with Gasteiger partial charge in [0.2, 0.25) is 0 Å². The van der Waals surface area contributed by atoms with Gasteiger partial charge in [0, 0.05) is 5.41 Å². The fourth-order valence-electron chi connectivity index (χ4n) is 3.75. The average molecular weight is 421 g/mol. The summed E-state index contributed by atoms with van der Waals surface area (Å²) in [5, 5.41) is 1.38. The van der Waals surface area contributed by atoms with E-state index < -0.39 is 9.84 Å².